The molecule has 1 aromatic carbocycles. The standard InChI is InChI=1S/C13H16F3N3/c1-8-3-2-6-19(8)11-5-4-9(13(14,15)16)7-10(11)12(17)18/h4-5,7-8H,2-3,6H2,1H3,(H3,17,18). The summed E-state index contributed by atoms with van der Waals surface area (Å²) in [5, 5.41) is 7.49. The molecular formula is C13H16F3N3. The van der Waals surface area contributed by atoms with Crippen molar-refractivity contribution in [1.82, 2.24) is 0 Å². The summed E-state index contributed by atoms with van der Waals surface area (Å²) in [6, 6.07) is 3.69. The molecule has 1 heterocycles. The van der Waals surface area contributed by atoms with E-state index in [4.69, 9.17) is 11.1 Å². The molecule has 1 saturated heterocycles. The average molecular weight is 271 g/mol. The number of benzene rings is 1. The Bertz CT molecular complexity index is 496. The van der Waals surface area contributed by atoms with Gasteiger partial charge in [-0.25, -0.2) is 0 Å². The Kier molecular flexibility index (Phi) is 3.43. The van der Waals surface area contributed by atoms with E-state index in [0.29, 0.717) is 5.69 Å². The first kappa shape index (κ1) is 13.7. The zero-order valence-electron chi connectivity index (χ0n) is 10.6. The van der Waals surface area contributed by atoms with Crippen molar-refractivity contribution in [2.24, 2.45) is 5.73 Å². The maximum atomic E-state index is 12.7. The topological polar surface area (TPSA) is 53.1 Å². The lowest BCUT2D eigenvalue weighted by molar-refractivity contribution is -0.137. The third-order valence-electron chi connectivity index (χ3n) is 3.48. The first-order valence-corrected chi connectivity index (χ1v) is 6.13. The predicted molar refractivity (Wildman–Crippen MR) is 68.5 cm³/mol. The van der Waals surface area contributed by atoms with Gasteiger partial charge in [0.2, 0.25) is 0 Å². The smallest absolute Gasteiger partial charge is 0.384 e. The molecular weight excluding hydrogens is 255 g/mol. The van der Waals surface area contributed by atoms with Gasteiger partial charge in [0, 0.05) is 23.8 Å². The van der Waals surface area contributed by atoms with Crippen molar-refractivity contribution in [3.63, 3.8) is 0 Å². The van der Waals surface area contributed by atoms with Crippen LogP contribution in [0.25, 0.3) is 0 Å². The van der Waals surface area contributed by atoms with Gasteiger partial charge >= 0.3 is 6.18 Å². The second kappa shape index (κ2) is 4.75. The monoisotopic (exact) mass is 271 g/mol. The Balaban J connectivity index is 2.47. The Morgan fingerprint density at radius 1 is 1.42 bits per heavy atom. The highest BCUT2D eigenvalue weighted by Crippen LogP contribution is 2.34. The van der Waals surface area contributed by atoms with Gasteiger partial charge in [-0.2, -0.15) is 13.2 Å². The Morgan fingerprint density at radius 3 is 2.58 bits per heavy atom. The summed E-state index contributed by atoms with van der Waals surface area (Å²) in [6.45, 7) is 2.81. The summed E-state index contributed by atoms with van der Waals surface area (Å²) in [7, 11) is 0. The van der Waals surface area contributed by atoms with E-state index in [-0.39, 0.29) is 17.4 Å². The Morgan fingerprint density at radius 2 is 2.11 bits per heavy atom. The van der Waals surface area contributed by atoms with Crippen molar-refractivity contribution in [3.05, 3.63) is 29.3 Å². The van der Waals surface area contributed by atoms with Crippen LogP contribution in [0.2, 0.25) is 0 Å². The Hall–Kier alpha value is -1.72. The van der Waals surface area contributed by atoms with E-state index in [1.165, 1.54) is 6.07 Å². The van der Waals surface area contributed by atoms with Crippen LogP contribution in [0, 0.1) is 5.41 Å². The van der Waals surface area contributed by atoms with Crippen LogP contribution in [0.4, 0.5) is 18.9 Å². The molecule has 1 aromatic rings. The van der Waals surface area contributed by atoms with Crippen molar-refractivity contribution in [2.45, 2.75) is 32.0 Å². The second-order valence-corrected chi connectivity index (χ2v) is 4.83. The minimum absolute atomic E-state index is 0.156. The van der Waals surface area contributed by atoms with Crippen LogP contribution in [0.15, 0.2) is 18.2 Å². The molecule has 3 nitrogen and oxygen atoms in total. The molecule has 0 bridgehead atoms. The van der Waals surface area contributed by atoms with Crippen LogP contribution in [0.5, 0.6) is 0 Å². The summed E-state index contributed by atoms with van der Waals surface area (Å²) >= 11 is 0. The van der Waals surface area contributed by atoms with E-state index < -0.39 is 11.7 Å². The molecule has 6 heteroatoms. The lowest BCUT2D eigenvalue weighted by Gasteiger charge is -2.26. The molecule has 19 heavy (non-hydrogen) atoms. The lowest BCUT2D eigenvalue weighted by atomic mass is 10.1. The van der Waals surface area contributed by atoms with Gasteiger partial charge in [0.25, 0.3) is 0 Å². The van der Waals surface area contributed by atoms with Gasteiger partial charge in [0.05, 0.1) is 5.56 Å². The van der Waals surface area contributed by atoms with Crippen molar-refractivity contribution in [1.29, 1.82) is 5.41 Å². The van der Waals surface area contributed by atoms with Crippen molar-refractivity contribution in [2.75, 3.05) is 11.4 Å². The van der Waals surface area contributed by atoms with Crippen LogP contribution < -0.4 is 10.6 Å². The number of nitrogens with zero attached hydrogens (tertiary/aromatic N) is 1. The number of amidine groups is 1. The molecule has 0 spiro atoms. The second-order valence-electron chi connectivity index (χ2n) is 4.83. The summed E-state index contributed by atoms with van der Waals surface area (Å²) < 4.78 is 38.1. The van der Waals surface area contributed by atoms with E-state index in [0.717, 1.165) is 31.5 Å². The number of halogens is 3. The number of anilines is 1. The third-order valence-corrected chi connectivity index (χ3v) is 3.48. The van der Waals surface area contributed by atoms with Crippen LogP contribution >= 0.6 is 0 Å². The fourth-order valence-electron chi connectivity index (χ4n) is 2.47. The van der Waals surface area contributed by atoms with Crippen molar-refractivity contribution >= 4 is 11.5 Å². The first-order valence-electron chi connectivity index (χ1n) is 6.13. The number of hydrogen-bond acceptors (Lipinski definition) is 2. The van der Waals surface area contributed by atoms with Crippen LogP contribution in [-0.4, -0.2) is 18.4 Å². The van der Waals surface area contributed by atoms with E-state index in [1.807, 2.05) is 11.8 Å². The maximum absolute atomic E-state index is 12.7. The number of hydrogen-bond donors (Lipinski definition) is 2. The molecule has 0 saturated carbocycles. The molecule has 0 amide bonds. The minimum atomic E-state index is -4.42. The number of nitrogen functional groups attached to an aromatic ring is 1. The highest BCUT2D eigenvalue weighted by Gasteiger charge is 2.32. The van der Waals surface area contributed by atoms with E-state index in [1.54, 1.807) is 0 Å². The van der Waals surface area contributed by atoms with Crippen molar-refractivity contribution < 1.29 is 13.2 Å². The van der Waals surface area contributed by atoms with Gasteiger partial charge in [0.15, 0.2) is 0 Å². The van der Waals surface area contributed by atoms with Gasteiger partial charge in [-0.05, 0) is 38.0 Å². The molecule has 1 atom stereocenters. The lowest BCUT2D eigenvalue weighted by Crippen LogP contribution is -2.29. The van der Waals surface area contributed by atoms with Crippen LogP contribution in [0.3, 0.4) is 0 Å². The predicted octanol–water partition coefficient (Wildman–Crippen LogP) is 2.98. The molecule has 1 unspecified atom stereocenters. The van der Waals surface area contributed by atoms with Crippen LogP contribution in [0.1, 0.15) is 30.9 Å². The van der Waals surface area contributed by atoms with Crippen LogP contribution in [-0.2, 0) is 6.18 Å². The number of nitrogens with two attached hydrogens (primary N) is 1. The summed E-state index contributed by atoms with van der Waals surface area (Å²) in [6.07, 6.45) is -2.42. The normalized spacial score (nSPS) is 19.8. The fraction of sp³-hybridized carbons (Fsp3) is 0.462. The summed E-state index contributed by atoms with van der Waals surface area (Å²) in [5.74, 6) is -0.333. The zero-order chi connectivity index (χ0) is 14.2. The molecule has 0 aliphatic carbocycles. The SMILES string of the molecule is CC1CCCN1c1ccc(C(F)(F)F)cc1C(=N)N. The molecule has 1 aliphatic rings. The first-order chi connectivity index (χ1) is 8.80. The summed E-state index contributed by atoms with van der Waals surface area (Å²) in [5.41, 5.74) is 5.43. The average Bonchev–Trinajstić information content (AvgIpc) is 2.73. The molecule has 0 radical (unpaired) electrons. The Labute approximate surface area is 109 Å². The van der Waals surface area contributed by atoms with E-state index in [2.05, 4.69) is 0 Å². The number of nitrogens with one attached hydrogen (secondary N) is 1. The highest BCUT2D eigenvalue weighted by molar-refractivity contribution is 6.00. The zero-order valence-corrected chi connectivity index (χ0v) is 10.6. The highest BCUT2D eigenvalue weighted by atomic mass is 19.4. The largest absolute Gasteiger partial charge is 0.416 e. The van der Waals surface area contributed by atoms with Gasteiger partial charge in [-0.3, -0.25) is 5.41 Å². The number of rotatable bonds is 2. The maximum Gasteiger partial charge on any atom is 0.416 e. The number of alkyl halides is 3. The molecule has 0 aromatic heterocycles. The van der Waals surface area contributed by atoms with Gasteiger partial charge < -0.3 is 10.6 Å². The molecule has 1 fully saturated rings. The van der Waals surface area contributed by atoms with E-state index in [9.17, 15) is 13.2 Å². The van der Waals surface area contributed by atoms with Gasteiger partial charge in [-0.15, -0.1) is 0 Å². The quantitative estimate of drug-likeness (QED) is 0.642. The minimum Gasteiger partial charge on any atom is -0.384 e. The summed E-state index contributed by atoms with van der Waals surface area (Å²) in [4.78, 5) is 2.01. The molecule has 1 aliphatic heterocycles. The molecule has 104 valence electrons. The van der Waals surface area contributed by atoms with Crippen molar-refractivity contribution in [3.8, 4) is 0 Å². The van der Waals surface area contributed by atoms with E-state index >= 15 is 0 Å². The molecule has 3 N–H and O–H groups in total. The fourth-order valence-corrected chi connectivity index (χ4v) is 2.47. The third kappa shape index (κ3) is 2.67. The van der Waals surface area contributed by atoms with Gasteiger partial charge in [0.1, 0.15) is 5.84 Å². The molecule has 2 rings (SSSR count). The van der Waals surface area contributed by atoms with Gasteiger partial charge in [-0.1, -0.05) is 0 Å².